The summed E-state index contributed by atoms with van der Waals surface area (Å²) in [4.78, 5) is 23.2. The number of allylic oxidation sites excluding steroid dienone is 2. The van der Waals surface area contributed by atoms with Gasteiger partial charge in [-0.2, -0.15) is 0 Å². The number of aromatic hydroxyl groups is 1. The van der Waals surface area contributed by atoms with Gasteiger partial charge in [-0.25, -0.2) is 0 Å². The molecule has 2 rings (SSSR count). The summed E-state index contributed by atoms with van der Waals surface area (Å²) in [6.07, 6.45) is 2.33. The summed E-state index contributed by atoms with van der Waals surface area (Å²) < 4.78 is 4.77. The van der Waals surface area contributed by atoms with Crippen LogP contribution < -0.4 is 5.32 Å². The Morgan fingerprint density at radius 3 is 2.33 bits per heavy atom. The Bertz CT molecular complexity index is 555. The van der Waals surface area contributed by atoms with E-state index in [4.69, 9.17) is 9.84 Å². The number of benzene rings is 1. The average molecular weight is 245 g/mol. The van der Waals surface area contributed by atoms with Gasteiger partial charge < -0.3 is 15.2 Å². The summed E-state index contributed by atoms with van der Waals surface area (Å²) in [5.74, 6) is -0.545. The first kappa shape index (κ1) is 11.9. The molecule has 0 amide bonds. The molecule has 1 aliphatic rings. The van der Waals surface area contributed by atoms with Crippen molar-refractivity contribution in [3.05, 3.63) is 47.9 Å². The highest BCUT2D eigenvalue weighted by molar-refractivity contribution is 6.20. The molecule has 0 bridgehead atoms. The van der Waals surface area contributed by atoms with E-state index in [0.29, 0.717) is 5.69 Å². The molecule has 5 heteroatoms. The molecule has 0 heterocycles. The number of hydrogen-bond donors (Lipinski definition) is 2. The van der Waals surface area contributed by atoms with Crippen molar-refractivity contribution in [2.75, 3.05) is 12.4 Å². The van der Waals surface area contributed by atoms with Crippen molar-refractivity contribution >= 4 is 17.3 Å². The number of phenolic OH excluding ortho intramolecular Hbond substituents is 1. The number of nitrogens with one attached hydrogen (secondary N) is 1. The molecule has 1 aromatic rings. The van der Waals surface area contributed by atoms with Crippen LogP contribution in [-0.2, 0) is 14.3 Å². The molecule has 0 saturated heterocycles. The normalized spacial score (nSPS) is 14.9. The fourth-order valence-corrected chi connectivity index (χ4v) is 1.50. The number of methoxy groups -OCH3 is 1. The molecule has 0 aliphatic heterocycles. The Morgan fingerprint density at radius 1 is 1.06 bits per heavy atom. The molecular weight excluding hydrogens is 234 g/mol. The second-order valence-corrected chi connectivity index (χ2v) is 3.67. The van der Waals surface area contributed by atoms with Crippen molar-refractivity contribution < 1.29 is 19.4 Å². The monoisotopic (exact) mass is 245 g/mol. The number of ketones is 2. The maximum absolute atomic E-state index is 11.7. The first-order valence-electron chi connectivity index (χ1n) is 5.22. The zero-order chi connectivity index (χ0) is 13.1. The van der Waals surface area contributed by atoms with Crippen LogP contribution >= 0.6 is 0 Å². The van der Waals surface area contributed by atoms with E-state index < -0.39 is 0 Å². The molecular formula is C13H11NO4. The zero-order valence-corrected chi connectivity index (χ0v) is 9.64. The van der Waals surface area contributed by atoms with E-state index in [1.807, 2.05) is 0 Å². The Labute approximate surface area is 103 Å². The van der Waals surface area contributed by atoms with E-state index in [1.54, 1.807) is 12.1 Å². The standard InChI is InChI=1S/C13H11NO4/c1-18-13-7-11(16)10(6-12(13)17)14-8-2-4-9(15)5-3-8/h2-7,14-15H,1H3. The van der Waals surface area contributed by atoms with Gasteiger partial charge in [-0.1, -0.05) is 0 Å². The highest BCUT2D eigenvalue weighted by Crippen LogP contribution is 2.18. The van der Waals surface area contributed by atoms with Crippen molar-refractivity contribution in [1.29, 1.82) is 0 Å². The largest absolute Gasteiger partial charge is 0.508 e. The number of phenols is 1. The van der Waals surface area contributed by atoms with Crippen molar-refractivity contribution in [2.24, 2.45) is 0 Å². The molecule has 1 aliphatic carbocycles. The third-order valence-corrected chi connectivity index (χ3v) is 2.41. The Balaban J connectivity index is 2.18. The van der Waals surface area contributed by atoms with Gasteiger partial charge in [-0.3, -0.25) is 9.59 Å². The minimum absolute atomic E-state index is 0.0243. The van der Waals surface area contributed by atoms with Crippen LogP contribution in [0.4, 0.5) is 5.69 Å². The van der Waals surface area contributed by atoms with Crippen molar-refractivity contribution in [3.8, 4) is 5.75 Å². The highest BCUT2D eigenvalue weighted by atomic mass is 16.5. The number of ether oxygens (including phenoxy) is 1. The van der Waals surface area contributed by atoms with Crippen molar-refractivity contribution in [3.63, 3.8) is 0 Å². The maximum Gasteiger partial charge on any atom is 0.222 e. The van der Waals surface area contributed by atoms with E-state index >= 15 is 0 Å². The van der Waals surface area contributed by atoms with Crippen LogP contribution in [0.5, 0.6) is 5.75 Å². The predicted octanol–water partition coefficient (Wildman–Crippen LogP) is 1.37. The third kappa shape index (κ3) is 2.40. The summed E-state index contributed by atoms with van der Waals surface area (Å²) in [6, 6.07) is 6.16. The van der Waals surface area contributed by atoms with Gasteiger partial charge in [0, 0.05) is 17.8 Å². The number of anilines is 1. The second-order valence-electron chi connectivity index (χ2n) is 3.67. The molecule has 2 N–H and O–H groups in total. The predicted molar refractivity (Wildman–Crippen MR) is 64.9 cm³/mol. The van der Waals surface area contributed by atoms with Crippen molar-refractivity contribution in [2.45, 2.75) is 0 Å². The third-order valence-electron chi connectivity index (χ3n) is 2.41. The van der Waals surface area contributed by atoms with Gasteiger partial charge in [0.05, 0.1) is 12.8 Å². The summed E-state index contributed by atoms with van der Waals surface area (Å²) in [6.45, 7) is 0. The first-order chi connectivity index (χ1) is 8.60. The number of hydrogen-bond acceptors (Lipinski definition) is 5. The molecule has 18 heavy (non-hydrogen) atoms. The van der Waals surface area contributed by atoms with Gasteiger partial charge in [0.25, 0.3) is 0 Å². The van der Waals surface area contributed by atoms with E-state index in [0.717, 1.165) is 6.08 Å². The van der Waals surface area contributed by atoms with Crippen LogP contribution in [0.25, 0.3) is 0 Å². The average Bonchev–Trinajstić information content (AvgIpc) is 2.36. The molecule has 0 fully saturated rings. The lowest BCUT2D eigenvalue weighted by Crippen LogP contribution is -2.19. The molecule has 0 unspecified atom stereocenters. The summed E-state index contributed by atoms with van der Waals surface area (Å²) >= 11 is 0. The molecule has 0 atom stereocenters. The van der Waals surface area contributed by atoms with Gasteiger partial charge in [-0.05, 0) is 24.3 Å². The number of carbonyl (C=O) groups is 2. The van der Waals surface area contributed by atoms with Gasteiger partial charge in [0.1, 0.15) is 5.75 Å². The summed E-state index contributed by atoms with van der Waals surface area (Å²) in [5.41, 5.74) is 0.779. The number of carbonyl (C=O) groups excluding carboxylic acids is 2. The molecule has 92 valence electrons. The highest BCUT2D eigenvalue weighted by Gasteiger charge is 2.20. The van der Waals surface area contributed by atoms with Gasteiger partial charge in [0.2, 0.25) is 11.6 Å². The van der Waals surface area contributed by atoms with E-state index in [-0.39, 0.29) is 28.8 Å². The Hall–Kier alpha value is -2.56. The van der Waals surface area contributed by atoms with Crippen LogP contribution in [0.2, 0.25) is 0 Å². The smallest absolute Gasteiger partial charge is 0.222 e. The minimum Gasteiger partial charge on any atom is -0.508 e. The molecule has 0 radical (unpaired) electrons. The molecule has 0 saturated carbocycles. The van der Waals surface area contributed by atoms with E-state index in [1.165, 1.54) is 25.3 Å². The lowest BCUT2D eigenvalue weighted by molar-refractivity contribution is -0.117. The molecule has 1 aromatic carbocycles. The molecule has 5 nitrogen and oxygen atoms in total. The van der Waals surface area contributed by atoms with Gasteiger partial charge >= 0.3 is 0 Å². The minimum atomic E-state index is -0.363. The summed E-state index contributed by atoms with van der Waals surface area (Å²) in [7, 11) is 1.34. The topological polar surface area (TPSA) is 75.6 Å². The van der Waals surface area contributed by atoms with Crippen molar-refractivity contribution in [1.82, 2.24) is 0 Å². The van der Waals surface area contributed by atoms with Gasteiger partial charge in [0.15, 0.2) is 5.76 Å². The SMILES string of the molecule is COC1=CC(=O)C(Nc2ccc(O)cc2)=CC1=O. The van der Waals surface area contributed by atoms with Crippen LogP contribution in [-0.4, -0.2) is 23.8 Å². The van der Waals surface area contributed by atoms with Crippen LogP contribution in [0.3, 0.4) is 0 Å². The van der Waals surface area contributed by atoms with Crippen LogP contribution in [0, 0.1) is 0 Å². The fourth-order valence-electron chi connectivity index (χ4n) is 1.50. The van der Waals surface area contributed by atoms with E-state index in [9.17, 15) is 9.59 Å². The van der Waals surface area contributed by atoms with Gasteiger partial charge in [-0.15, -0.1) is 0 Å². The Kier molecular flexibility index (Phi) is 3.14. The fraction of sp³-hybridized carbons (Fsp3) is 0.0769. The number of rotatable bonds is 3. The summed E-state index contributed by atoms with van der Waals surface area (Å²) in [5, 5.41) is 11.9. The first-order valence-corrected chi connectivity index (χ1v) is 5.22. The molecule has 0 aromatic heterocycles. The second kappa shape index (κ2) is 4.75. The lowest BCUT2D eigenvalue weighted by atomic mass is 10.1. The quantitative estimate of drug-likeness (QED) is 0.621. The maximum atomic E-state index is 11.7. The Morgan fingerprint density at radius 2 is 1.72 bits per heavy atom. The van der Waals surface area contributed by atoms with Crippen LogP contribution in [0.1, 0.15) is 0 Å². The van der Waals surface area contributed by atoms with E-state index in [2.05, 4.69) is 5.32 Å². The molecule has 0 spiro atoms. The lowest BCUT2D eigenvalue weighted by Gasteiger charge is -2.13. The van der Waals surface area contributed by atoms with Crippen LogP contribution in [0.15, 0.2) is 47.9 Å². The zero-order valence-electron chi connectivity index (χ0n) is 9.64.